The molecule has 0 aliphatic rings. The van der Waals surface area contributed by atoms with Crippen LogP contribution in [0, 0.1) is 0 Å². The van der Waals surface area contributed by atoms with Crippen molar-refractivity contribution in [2.24, 2.45) is 0 Å². The molecule has 0 unspecified atom stereocenters. The molecule has 3 aromatic rings. The third kappa shape index (κ3) is 8.80. The summed E-state index contributed by atoms with van der Waals surface area (Å²) < 4.78 is 13.3. The van der Waals surface area contributed by atoms with E-state index in [-0.39, 0.29) is 0 Å². The van der Waals surface area contributed by atoms with Crippen LogP contribution in [0.25, 0.3) is 0 Å². The molecule has 5 heteroatoms. The van der Waals surface area contributed by atoms with Crippen LogP contribution in [0.3, 0.4) is 0 Å². The summed E-state index contributed by atoms with van der Waals surface area (Å²) in [4.78, 5) is 0. The highest BCUT2D eigenvalue weighted by Crippen LogP contribution is 2.61. The van der Waals surface area contributed by atoms with Crippen LogP contribution in [-0.4, -0.2) is 0 Å². The minimum Gasteiger partial charge on any atom is -0.428 e. The molecule has 2 nitrogen and oxygen atoms in total. The third-order valence-corrected chi connectivity index (χ3v) is 10.5. The zero-order chi connectivity index (χ0) is 24.1. The molecule has 0 saturated carbocycles. The molecule has 0 saturated heterocycles. The fraction of sp³-hybridized carbons (Fsp3) is 0.379. The standard InChI is InChI=1S/C29H37O2PS2/c1-3-5-8-18-26-20-12-14-22-28(26)30-32(33,34-24-25-16-10-7-11-17-25)31-29-23-15-13-21-27(29)19-9-6-4-2/h7,10-17,20-23H,3-6,8-9,18-19,24H2,1-2H3. The summed E-state index contributed by atoms with van der Waals surface area (Å²) in [6.45, 7) is 4.46. The quantitative estimate of drug-likeness (QED) is 0.149. The number of aryl methyl sites for hydroxylation is 2. The van der Waals surface area contributed by atoms with Crippen LogP contribution in [0.2, 0.25) is 0 Å². The van der Waals surface area contributed by atoms with Crippen molar-refractivity contribution in [3.63, 3.8) is 0 Å². The predicted molar refractivity (Wildman–Crippen MR) is 153 cm³/mol. The summed E-state index contributed by atoms with van der Waals surface area (Å²) >= 11 is 7.81. The van der Waals surface area contributed by atoms with Crippen molar-refractivity contribution in [1.29, 1.82) is 0 Å². The molecular formula is C29H37O2PS2. The van der Waals surface area contributed by atoms with Gasteiger partial charge in [0.25, 0.3) is 0 Å². The zero-order valence-electron chi connectivity index (χ0n) is 20.4. The van der Waals surface area contributed by atoms with Gasteiger partial charge in [-0.3, -0.25) is 0 Å². The van der Waals surface area contributed by atoms with Crippen LogP contribution in [0.1, 0.15) is 69.1 Å². The van der Waals surface area contributed by atoms with Crippen LogP contribution < -0.4 is 9.05 Å². The lowest BCUT2D eigenvalue weighted by Crippen LogP contribution is -2.02. The van der Waals surface area contributed by atoms with Gasteiger partial charge in [-0.25, -0.2) is 0 Å². The fourth-order valence-corrected chi connectivity index (χ4v) is 7.93. The average Bonchev–Trinajstić information content (AvgIpc) is 2.86. The smallest absolute Gasteiger partial charge is 0.348 e. The first kappa shape index (κ1) is 26.9. The van der Waals surface area contributed by atoms with Crippen molar-refractivity contribution >= 4 is 28.9 Å². The average molecular weight is 513 g/mol. The molecule has 3 rings (SSSR count). The molecule has 0 amide bonds. The van der Waals surface area contributed by atoms with Crippen molar-refractivity contribution in [3.8, 4) is 11.5 Å². The summed E-state index contributed by atoms with van der Waals surface area (Å²) in [5.41, 5.74) is 0.939. The van der Waals surface area contributed by atoms with E-state index >= 15 is 0 Å². The van der Waals surface area contributed by atoms with E-state index in [1.807, 2.05) is 30.3 Å². The van der Waals surface area contributed by atoms with Crippen LogP contribution in [-0.2, 0) is 30.4 Å². The molecule has 182 valence electrons. The van der Waals surface area contributed by atoms with E-state index in [4.69, 9.17) is 20.9 Å². The van der Waals surface area contributed by atoms with Gasteiger partial charge in [-0.2, -0.15) is 0 Å². The second kappa shape index (κ2) is 14.6. The predicted octanol–water partition coefficient (Wildman–Crippen LogP) is 9.77. The maximum atomic E-state index is 6.64. The van der Waals surface area contributed by atoms with Gasteiger partial charge in [0.1, 0.15) is 11.5 Å². The van der Waals surface area contributed by atoms with E-state index < -0.39 is 5.69 Å². The van der Waals surface area contributed by atoms with E-state index in [2.05, 4.69) is 62.4 Å². The van der Waals surface area contributed by atoms with E-state index in [0.29, 0.717) is 0 Å². The molecule has 3 aromatic carbocycles. The third-order valence-electron chi connectivity index (χ3n) is 5.70. The number of rotatable bonds is 15. The fourth-order valence-electron chi connectivity index (χ4n) is 3.77. The highest BCUT2D eigenvalue weighted by Gasteiger charge is 2.26. The lowest BCUT2D eigenvalue weighted by molar-refractivity contribution is 0.496. The largest absolute Gasteiger partial charge is 0.428 e. The van der Waals surface area contributed by atoms with Gasteiger partial charge in [-0.1, -0.05) is 106 Å². The molecular weight excluding hydrogens is 475 g/mol. The maximum Gasteiger partial charge on any atom is 0.348 e. The summed E-state index contributed by atoms with van der Waals surface area (Å²) in [6.07, 6.45) is 9.13. The first-order valence-corrected chi connectivity index (χ1v) is 16.7. The highest BCUT2D eigenvalue weighted by molar-refractivity contribution is 8.67. The van der Waals surface area contributed by atoms with Crippen molar-refractivity contribution in [2.75, 3.05) is 0 Å². The molecule has 0 heterocycles. The Bertz CT molecular complexity index is 980. The lowest BCUT2D eigenvalue weighted by atomic mass is 10.1. The van der Waals surface area contributed by atoms with Gasteiger partial charge >= 0.3 is 5.69 Å². The highest BCUT2D eigenvalue weighted by atomic mass is 32.9. The van der Waals surface area contributed by atoms with Gasteiger partial charge in [0, 0.05) is 5.75 Å². The minimum atomic E-state index is -2.71. The topological polar surface area (TPSA) is 18.5 Å². The zero-order valence-corrected chi connectivity index (χ0v) is 23.0. The molecule has 0 atom stereocenters. The normalized spacial score (nSPS) is 11.4. The number of hydrogen-bond acceptors (Lipinski definition) is 4. The van der Waals surface area contributed by atoms with E-state index in [1.165, 1.54) is 42.4 Å². The van der Waals surface area contributed by atoms with Crippen LogP contribution in [0.15, 0.2) is 78.9 Å². The number of unbranched alkanes of at least 4 members (excludes halogenated alkanes) is 4. The second-order valence-corrected chi connectivity index (χ2v) is 14.7. The van der Waals surface area contributed by atoms with E-state index in [0.717, 1.165) is 42.9 Å². The summed E-state index contributed by atoms with van der Waals surface area (Å²) in [5, 5.41) is 0. The molecule has 0 fully saturated rings. The Kier molecular flexibility index (Phi) is 11.5. The molecule has 0 spiro atoms. The Morgan fingerprint density at radius 1 is 0.647 bits per heavy atom. The number of para-hydroxylation sites is 2. The van der Waals surface area contributed by atoms with Gasteiger partial charge in [0.2, 0.25) is 0 Å². The first-order chi connectivity index (χ1) is 16.6. The number of benzene rings is 3. The SMILES string of the molecule is CCCCCc1ccccc1OP(=S)(Oc1ccccc1CCCCC)SCc1ccccc1. The maximum absolute atomic E-state index is 6.64. The lowest BCUT2D eigenvalue weighted by Gasteiger charge is -2.25. The van der Waals surface area contributed by atoms with E-state index in [1.54, 1.807) is 11.4 Å². The molecule has 0 bridgehead atoms. The van der Waals surface area contributed by atoms with Gasteiger partial charge < -0.3 is 9.05 Å². The Morgan fingerprint density at radius 3 is 1.62 bits per heavy atom. The van der Waals surface area contributed by atoms with Crippen molar-refractivity contribution in [3.05, 3.63) is 95.6 Å². The Labute approximate surface area is 215 Å². The first-order valence-electron chi connectivity index (χ1n) is 12.5. The van der Waals surface area contributed by atoms with Gasteiger partial charge in [0.15, 0.2) is 0 Å². The van der Waals surface area contributed by atoms with Gasteiger partial charge in [-0.15, -0.1) is 0 Å². The molecule has 0 N–H and O–H groups in total. The molecule has 0 aromatic heterocycles. The molecule has 0 aliphatic heterocycles. The Hall–Kier alpha value is -1.74. The van der Waals surface area contributed by atoms with Crippen molar-refractivity contribution in [2.45, 2.75) is 71.0 Å². The van der Waals surface area contributed by atoms with Crippen molar-refractivity contribution < 1.29 is 9.05 Å². The Morgan fingerprint density at radius 2 is 1.12 bits per heavy atom. The van der Waals surface area contributed by atoms with Crippen LogP contribution in [0.5, 0.6) is 11.5 Å². The van der Waals surface area contributed by atoms with Crippen molar-refractivity contribution in [1.82, 2.24) is 0 Å². The second-order valence-electron chi connectivity index (χ2n) is 8.52. The van der Waals surface area contributed by atoms with Gasteiger partial charge in [-0.05, 0) is 77.7 Å². The van der Waals surface area contributed by atoms with Crippen LogP contribution in [0.4, 0.5) is 0 Å². The molecule has 0 aliphatic carbocycles. The van der Waals surface area contributed by atoms with E-state index in [9.17, 15) is 0 Å². The summed E-state index contributed by atoms with van der Waals surface area (Å²) in [7, 11) is 0. The Balaban J connectivity index is 1.85. The van der Waals surface area contributed by atoms with Gasteiger partial charge in [0.05, 0.1) is 0 Å². The number of hydrogen-bond donors (Lipinski definition) is 0. The summed E-state index contributed by atoms with van der Waals surface area (Å²) in [5.74, 6) is 2.49. The molecule has 0 radical (unpaired) electrons. The molecule has 34 heavy (non-hydrogen) atoms. The van der Waals surface area contributed by atoms with Crippen LogP contribution >= 0.6 is 17.1 Å². The summed E-state index contributed by atoms with van der Waals surface area (Å²) in [6, 6.07) is 27.0. The monoisotopic (exact) mass is 512 g/mol. The minimum absolute atomic E-state index is 0.758.